The van der Waals surface area contributed by atoms with E-state index in [9.17, 15) is 19.7 Å². The molecule has 2 aromatic heterocycles. The number of imidazole rings is 1. The second-order valence-corrected chi connectivity index (χ2v) is 10.6. The maximum absolute atomic E-state index is 13.4. The molecule has 1 N–H and O–H groups in total. The van der Waals surface area contributed by atoms with Crippen molar-refractivity contribution in [3.8, 4) is 28.5 Å². The molecule has 244 valence electrons. The molecule has 0 aliphatic rings. The van der Waals surface area contributed by atoms with E-state index >= 15 is 0 Å². The fourth-order valence-corrected chi connectivity index (χ4v) is 5.11. The van der Waals surface area contributed by atoms with Gasteiger partial charge in [0.15, 0.2) is 0 Å². The summed E-state index contributed by atoms with van der Waals surface area (Å²) >= 11 is 0. The first-order valence-corrected chi connectivity index (χ1v) is 15.0. The van der Waals surface area contributed by atoms with Gasteiger partial charge >= 0.3 is 11.9 Å². The van der Waals surface area contributed by atoms with Gasteiger partial charge in [0.1, 0.15) is 6.10 Å². The summed E-state index contributed by atoms with van der Waals surface area (Å²) in [6.07, 6.45) is -1.26. The molecule has 47 heavy (non-hydrogen) atoms. The molecule has 0 saturated heterocycles. The predicted molar refractivity (Wildman–Crippen MR) is 167 cm³/mol. The van der Waals surface area contributed by atoms with Crippen molar-refractivity contribution in [1.29, 1.82) is 0 Å². The Labute approximate surface area is 268 Å². The van der Waals surface area contributed by atoms with Crippen LogP contribution in [0.1, 0.15) is 56.0 Å². The summed E-state index contributed by atoms with van der Waals surface area (Å²) in [6, 6.07) is 21.1. The summed E-state index contributed by atoms with van der Waals surface area (Å²) in [5.41, 5.74) is 4.93. The first-order chi connectivity index (χ1) is 22.7. The Hall–Kier alpha value is -5.86. The smallest absolute Gasteiger partial charge is 0.343 e. The molecule has 1 unspecified atom stereocenters. The van der Waals surface area contributed by atoms with Crippen LogP contribution in [-0.4, -0.2) is 66.2 Å². The molecular formula is C32H33N7O8. The van der Waals surface area contributed by atoms with Crippen molar-refractivity contribution in [1.82, 2.24) is 30.2 Å². The summed E-state index contributed by atoms with van der Waals surface area (Å²) in [5, 5.41) is 24.0. The van der Waals surface area contributed by atoms with Crippen molar-refractivity contribution < 1.29 is 33.7 Å². The van der Waals surface area contributed by atoms with Crippen LogP contribution in [0.15, 0.2) is 66.7 Å². The number of H-pyrrole nitrogens is 1. The number of rotatable bonds is 15. The van der Waals surface area contributed by atoms with Crippen LogP contribution in [0.4, 0.5) is 0 Å². The van der Waals surface area contributed by atoms with Gasteiger partial charge in [-0.3, -0.25) is 9.36 Å². The van der Waals surface area contributed by atoms with Crippen molar-refractivity contribution in [3.63, 3.8) is 0 Å². The van der Waals surface area contributed by atoms with E-state index in [1.54, 1.807) is 18.2 Å². The van der Waals surface area contributed by atoms with Crippen LogP contribution >= 0.6 is 0 Å². The average Bonchev–Trinajstić information content (AvgIpc) is 3.70. The van der Waals surface area contributed by atoms with Gasteiger partial charge in [0.05, 0.1) is 29.7 Å². The van der Waals surface area contributed by atoms with Gasteiger partial charge in [-0.2, -0.15) is 10.2 Å². The highest BCUT2D eigenvalue weighted by Crippen LogP contribution is 2.31. The summed E-state index contributed by atoms with van der Waals surface area (Å²) in [6.45, 7) is 5.52. The van der Waals surface area contributed by atoms with Gasteiger partial charge in [0.2, 0.25) is 12.1 Å². The molecule has 5 rings (SSSR count). The van der Waals surface area contributed by atoms with E-state index in [2.05, 4.69) is 30.4 Å². The third-order valence-electron chi connectivity index (χ3n) is 7.17. The third-order valence-corrected chi connectivity index (χ3v) is 7.17. The Morgan fingerprint density at radius 2 is 1.77 bits per heavy atom. The molecule has 15 nitrogen and oxygen atoms in total. The van der Waals surface area contributed by atoms with Gasteiger partial charge in [-0.05, 0) is 60.7 Å². The molecule has 0 spiro atoms. The van der Waals surface area contributed by atoms with E-state index in [4.69, 9.17) is 14.2 Å². The SMILES string of the molecule is CCOc1nc2cccc(C(=O)OC(C)OC(=O)CCC[C@H](C)O[N+](=O)[O-])c2n1Cc1ccc(-c2ccccc2-c2nn[nH]n2)cc1. The number of benzene rings is 3. The lowest BCUT2D eigenvalue weighted by Gasteiger charge is -2.16. The van der Waals surface area contributed by atoms with E-state index in [0.717, 1.165) is 22.3 Å². The first-order valence-electron chi connectivity index (χ1n) is 15.0. The van der Waals surface area contributed by atoms with Crippen molar-refractivity contribution >= 4 is 23.0 Å². The minimum absolute atomic E-state index is 0.0190. The van der Waals surface area contributed by atoms with Crippen LogP contribution in [0.25, 0.3) is 33.5 Å². The number of carbonyl (C=O) groups excluding carboxylic acids is 2. The number of esters is 2. The van der Waals surface area contributed by atoms with Gasteiger partial charge in [0, 0.05) is 18.9 Å². The Morgan fingerprint density at radius 3 is 2.47 bits per heavy atom. The lowest BCUT2D eigenvalue weighted by atomic mass is 9.98. The molecule has 15 heteroatoms. The van der Waals surface area contributed by atoms with Crippen molar-refractivity contribution in [3.05, 3.63) is 88.0 Å². The Bertz CT molecular complexity index is 1840. The molecule has 0 saturated carbocycles. The molecule has 0 aliphatic carbocycles. The number of nitrogens with one attached hydrogen (secondary N) is 1. The van der Waals surface area contributed by atoms with Crippen molar-refractivity contribution in [2.45, 2.75) is 59.0 Å². The largest absolute Gasteiger partial charge is 0.465 e. The lowest BCUT2D eigenvalue weighted by molar-refractivity contribution is -0.767. The first kappa shape index (κ1) is 32.5. The standard InChI is InChI=1S/C32H33N7O8/c1-4-44-32-33-27-13-8-12-26(31(41)46-21(3)45-28(40)14-7-9-20(2)47-39(42)43)29(27)38(32)19-22-15-17-23(18-16-22)24-10-5-6-11-25(24)30-34-36-37-35-30/h5-6,8,10-13,15-18,20-21H,4,7,9,14,19H2,1-3H3,(H,34,35,36,37)/t20-,21?/m0/s1. The van der Waals surface area contributed by atoms with Gasteiger partial charge in [-0.1, -0.05) is 54.6 Å². The third kappa shape index (κ3) is 8.06. The molecule has 0 fully saturated rings. The molecule has 5 aromatic rings. The molecule has 2 heterocycles. The van der Waals surface area contributed by atoms with E-state index in [1.165, 1.54) is 13.8 Å². The van der Waals surface area contributed by atoms with E-state index in [0.29, 0.717) is 42.4 Å². The fourth-order valence-electron chi connectivity index (χ4n) is 5.11. The topological polar surface area (TPSA) is 186 Å². The number of carbonyl (C=O) groups is 2. The number of tetrazole rings is 1. The van der Waals surface area contributed by atoms with E-state index in [1.807, 2.05) is 60.0 Å². The van der Waals surface area contributed by atoms with Crippen LogP contribution in [0.5, 0.6) is 6.01 Å². The molecule has 0 radical (unpaired) electrons. The zero-order valence-electron chi connectivity index (χ0n) is 26.0. The summed E-state index contributed by atoms with van der Waals surface area (Å²) in [5.74, 6) is -0.820. The highest BCUT2D eigenvalue weighted by atomic mass is 17.0. The minimum Gasteiger partial charge on any atom is -0.465 e. The summed E-state index contributed by atoms with van der Waals surface area (Å²) in [7, 11) is 0. The Balaban J connectivity index is 1.32. The number of hydrogen-bond donors (Lipinski definition) is 1. The zero-order chi connectivity index (χ0) is 33.3. The maximum atomic E-state index is 13.4. The zero-order valence-corrected chi connectivity index (χ0v) is 26.0. The van der Waals surface area contributed by atoms with Gasteiger partial charge in [0.25, 0.3) is 11.1 Å². The van der Waals surface area contributed by atoms with Crippen LogP contribution < -0.4 is 4.74 Å². The number of para-hydroxylation sites is 1. The monoisotopic (exact) mass is 643 g/mol. The number of nitrogens with zero attached hydrogens (tertiary/aromatic N) is 6. The van der Waals surface area contributed by atoms with E-state index < -0.39 is 29.4 Å². The van der Waals surface area contributed by atoms with Crippen molar-refractivity contribution in [2.24, 2.45) is 0 Å². The quantitative estimate of drug-likeness (QED) is 0.0686. The summed E-state index contributed by atoms with van der Waals surface area (Å²) < 4.78 is 18.4. The molecule has 0 aliphatic heterocycles. The Kier molecular flexibility index (Phi) is 10.3. The highest BCUT2D eigenvalue weighted by molar-refractivity contribution is 6.02. The van der Waals surface area contributed by atoms with Gasteiger partial charge in [-0.15, -0.1) is 20.3 Å². The minimum atomic E-state index is -1.18. The summed E-state index contributed by atoms with van der Waals surface area (Å²) in [4.78, 5) is 45.1. The second-order valence-electron chi connectivity index (χ2n) is 10.6. The molecule has 0 amide bonds. The predicted octanol–water partition coefficient (Wildman–Crippen LogP) is 5.14. The number of hydrogen-bond acceptors (Lipinski definition) is 12. The number of fused-ring (bicyclic) bond motifs is 1. The molecule has 0 bridgehead atoms. The Morgan fingerprint density at radius 1 is 1.00 bits per heavy atom. The van der Waals surface area contributed by atoms with Crippen LogP contribution in [-0.2, 0) is 25.7 Å². The molecular weight excluding hydrogens is 610 g/mol. The average molecular weight is 644 g/mol. The normalized spacial score (nSPS) is 12.3. The van der Waals surface area contributed by atoms with Crippen molar-refractivity contribution in [2.75, 3.05) is 6.61 Å². The van der Waals surface area contributed by atoms with Crippen LogP contribution in [0, 0.1) is 10.1 Å². The van der Waals surface area contributed by atoms with Gasteiger partial charge in [-0.25, -0.2) is 4.79 Å². The fraction of sp³-hybridized carbons (Fsp3) is 0.312. The lowest BCUT2D eigenvalue weighted by Crippen LogP contribution is -2.22. The molecule has 3 aromatic carbocycles. The van der Waals surface area contributed by atoms with Gasteiger partial charge < -0.3 is 19.0 Å². The molecule has 2 atom stereocenters. The highest BCUT2D eigenvalue weighted by Gasteiger charge is 2.23. The number of aromatic amines is 1. The number of aromatic nitrogens is 6. The number of ether oxygens (including phenoxy) is 3. The van der Waals surface area contributed by atoms with Crippen LogP contribution in [0.3, 0.4) is 0 Å². The van der Waals surface area contributed by atoms with E-state index in [-0.39, 0.29) is 18.4 Å². The van der Waals surface area contributed by atoms with Crippen LogP contribution in [0.2, 0.25) is 0 Å². The maximum Gasteiger partial charge on any atom is 0.343 e. The second kappa shape index (κ2) is 14.9.